The Hall–Kier alpha value is -11.2. The quantitative estimate of drug-likeness (QED) is 0.153. The number of benzene rings is 12. The lowest BCUT2D eigenvalue weighted by Crippen LogP contribution is -2.29. The van der Waals surface area contributed by atoms with Gasteiger partial charge in [-0.05, 0) is 70.3 Å². The maximum absolute atomic E-state index is 12.9. The zero-order chi connectivity index (χ0) is 53.5. The number of hydrogen-bond donors (Lipinski definition) is 0. The predicted octanol–water partition coefficient (Wildman–Crippen LogP) is 18.9. The smallest absolute Gasteiger partial charge is 0.237 e. The second-order valence-corrected chi connectivity index (χ2v) is 21.2. The van der Waals surface area contributed by atoms with Crippen LogP contribution in [0, 0.1) is 17.9 Å². The second kappa shape index (κ2) is 16.9. The highest BCUT2D eigenvalue weighted by molar-refractivity contribution is 6.18. The fourth-order valence-corrected chi connectivity index (χ4v) is 14.5. The fraction of sp³-hybridized carbons (Fsp3) is 0.0133. The molecule has 0 saturated heterocycles. The van der Waals surface area contributed by atoms with E-state index in [1.54, 1.807) is 0 Å². The van der Waals surface area contributed by atoms with E-state index in [4.69, 9.17) is 4.85 Å². The summed E-state index contributed by atoms with van der Waals surface area (Å²) in [6, 6.07) is 98.3. The molecule has 12 aromatic carbocycles. The zero-order valence-corrected chi connectivity index (χ0v) is 43.6. The average Bonchev–Trinajstić information content (AvgIpc) is 3.89. The van der Waals surface area contributed by atoms with Crippen LogP contribution in [-0.2, 0) is 5.41 Å². The molecule has 4 heterocycles. The molecule has 17 rings (SSSR count). The molecule has 0 aliphatic heterocycles. The van der Waals surface area contributed by atoms with Crippen LogP contribution in [0.25, 0.3) is 126 Å². The first-order chi connectivity index (χ1) is 40.2. The van der Waals surface area contributed by atoms with Crippen LogP contribution >= 0.6 is 0 Å². The second-order valence-electron chi connectivity index (χ2n) is 21.2. The van der Waals surface area contributed by atoms with Crippen LogP contribution in [-0.4, -0.2) is 18.3 Å². The normalized spacial score (nSPS) is 12.8. The molecule has 0 amide bonds. The molecule has 1 aliphatic rings. The number of nitriles is 1. The summed E-state index contributed by atoms with van der Waals surface area (Å²) in [5.74, 6) is 0. The summed E-state index contributed by atoms with van der Waals surface area (Å²) >= 11 is 0. The number of aromatic nitrogens is 4. The molecular weight excluding hydrogens is 985 g/mol. The Kier molecular flexibility index (Phi) is 9.37. The Morgan fingerprint density at radius 2 is 0.679 bits per heavy atom. The molecule has 0 N–H and O–H groups in total. The van der Waals surface area contributed by atoms with Crippen molar-refractivity contribution in [2.45, 2.75) is 5.41 Å². The maximum atomic E-state index is 12.9. The van der Waals surface area contributed by atoms with Gasteiger partial charge in [-0.2, -0.15) is 5.26 Å². The molecule has 4 aromatic heterocycles. The molecular formula is C75H44N6. The van der Waals surface area contributed by atoms with Gasteiger partial charge in [0.05, 0.1) is 84.4 Å². The zero-order valence-electron chi connectivity index (χ0n) is 43.6. The molecule has 16 aromatic rings. The van der Waals surface area contributed by atoms with Crippen LogP contribution < -0.4 is 0 Å². The monoisotopic (exact) mass is 1030 g/mol. The summed E-state index contributed by atoms with van der Waals surface area (Å²) in [5, 5.41) is 21.3. The van der Waals surface area contributed by atoms with Crippen LogP contribution in [0.2, 0.25) is 0 Å². The minimum Gasteiger partial charge on any atom is -0.318 e. The van der Waals surface area contributed by atoms with Gasteiger partial charge in [0.1, 0.15) is 6.07 Å². The van der Waals surface area contributed by atoms with Crippen molar-refractivity contribution in [3.05, 3.63) is 306 Å². The first-order valence-electron chi connectivity index (χ1n) is 27.5. The average molecular weight is 1030 g/mol. The molecule has 0 bridgehead atoms. The summed E-state index contributed by atoms with van der Waals surface area (Å²) in [6.07, 6.45) is 0. The standard InChI is InChI=1S/C75H44N6/c1-77-69-71(78-61-37-17-9-29-50(61)51-30-10-18-38-62(51)78)59(46-76)72(74(80-65-41-21-13-33-54(65)55-34-14-22-42-66(55)80)73(69)79-63-39-19-11-31-52(63)53-32-12-20-40-64(53)79)81-67-43-23-15-35-56(67)58-45-44-57-49-28-8-16-36-60(49)75(68(57)70(58)81,47-24-4-2-5-25-47)48-26-6-3-7-27-48/h2-45H. The molecule has 0 atom stereocenters. The largest absolute Gasteiger partial charge is 0.318 e. The lowest BCUT2D eigenvalue weighted by molar-refractivity contribution is 0.771. The fourth-order valence-electron chi connectivity index (χ4n) is 14.5. The number of hydrogen-bond acceptors (Lipinski definition) is 1. The van der Waals surface area contributed by atoms with Gasteiger partial charge >= 0.3 is 0 Å². The van der Waals surface area contributed by atoms with E-state index < -0.39 is 5.41 Å². The van der Waals surface area contributed by atoms with E-state index >= 15 is 0 Å². The van der Waals surface area contributed by atoms with Crippen molar-refractivity contribution in [2.75, 3.05) is 0 Å². The molecule has 1 aliphatic carbocycles. The first-order valence-corrected chi connectivity index (χ1v) is 27.5. The van der Waals surface area contributed by atoms with Crippen LogP contribution in [0.15, 0.2) is 267 Å². The van der Waals surface area contributed by atoms with Crippen molar-refractivity contribution >= 4 is 92.9 Å². The molecule has 0 saturated carbocycles. The number of rotatable bonds is 6. The van der Waals surface area contributed by atoms with Crippen molar-refractivity contribution in [3.8, 4) is 39.9 Å². The maximum Gasteiger partial charge on any atom is 0.237 e. The van der Waals surface area contributed by atoms with Crippen molar-refractivity contribution < 1.29 is 0 Å². The van der Waals surface area contributed by atoms with Crippen molar-refractivity contribution in [1.29, 1.82) is 5.26 Å². The van der Waals surface area contributed by atoms with Gasteiger partial charge in [-0.3, -0.25) is 0 Å². The number of nitrogens with zero attached hydrogens (tertiary/aromatic N) is 6. The van der Waals surface area contributed by atoms with Gasteiger partial charge in [-0.25, -0.2) is 4.85 Å². The molecule has 6 nitrogen and oxygen atoms in total. The van der Waals surface area contributed by atoms with E-state index in [9.17, 15) is 11.8 Å². The Labute approximate surface area is 465 Å². The lowest BCUT2D eigenvalue weighted by atomic mass is 9.67. The summed E-state index contributed by atoms with van der Waals surface area (Å²) in [6.45, 7) is 9.88. The van der Waals surface area contributed by atoms with Crippen molar-refractivity contribution in [1.82, 2.24) is 18.3 Å². The summed E-state index contributed by atoms with van der Waals surface area (Å²) < 4.78 is 9.34. The predicted molar refractivity (Wildman–Crippen MR) is 332 cm³/mol. The van der Waals surface area contributed by atoms with E-state index in [1.807, 2.05) is 0 Å². The van der Waals surface area contributed by atoms with E-state index in [2.05, 4.69) is 291 Å². The van der Waals surface area contributed by atoms with Gasteiger partial charge < -0.3 is 18.3 Å². The van der Waals surface area contributed by atoms with E-state index in [-0.39, 0.29) is 0 Å². The molecule has 81 heavy (non-hydrogen) atoms. The highest BCUT2D eigenvalue weighted by Crippen LogP contribution is 2.60. The summed E-state index contributed by atoms with van der Waals surface area (Å²) in [4.78, 5) is 4.82. The molecule has 6 heteroatoms. The molecule has 0 spiro atoms. The van der Waals surface area contributed by atoms with E-state index in [1.165, 1.54) is 5.56 Å². The third-order valence-corrected chi connectivity index (χ3v) is 17.5. The van der Waals surface area contributed by atoms with E-state index in [0.717, 1.165) is 115 Å². The van der Waals surface area contributed by atoms with Crippen molar-refractivity contribution in [3.63, 3.8) is 0 Å². The number of para-hydroxylation sites is 7. The Bertz CT molecular complexity index is 5240. The third kappa shape index (κ3) is 5.82. The minimum absolute atomic E-state index is 0.353. The Morgan fingerprint density at radius 3 is 1.11 bits per heavy atom. The molecule has 374 valence electrons. The highest BCUT2D eigenvalue weighted by Gasteiger charge is 2.48. The van der Waals surface area contributed by atoms with Gasteiger partial charge in [0.25, 0.3) is 0 Å². The topological polar surface area (TPSA) is 47.9 Å². The van der Waals surface area contributed by atoms with Crippen LogP contribution in [0.4, 0.5) is 5.69 Å². The minimum atomic E-state index is -0.832. The van der Waals surface area contributed by atoms with Crippen LogP contribution in [0.5, 0.6) is 0 Å². The van der Waals surface area contributed by atoms with Gasteiger partial charge in [0, 0.05) is 48.7 Å². The first kappa shape index (κ1) is 44.9. The Balaban J connectivity index is 1.21. The van der Waals surface area contributed by atoms with Gasteiger partial charge in [-0.1, -0.05) is 224 Å². The highest BCUT2D eigenvalue weighted by atomic mass is 15.1. The summed E-state index contributed by atoms with van der Waals surface area (Å²) in [7, 11) is 0. The van der Waals surface area contributed by atoms with Gasteiger partial charge in [0.2, 0.25) is 5.69 Å². The summed E-state index contributed by atoms with van der Waals surface area (Å²) in [5.41, 5.74) is 16.8. The molecule has 0 radical (unpaired) electrons. The van der Waals surface area contributed by atoms with Gasteiger partial charge in [-0.15, -0.1) is 0 Å². The third-order valence-electron chi connectivity index (χ3n) is 17.5. The van der Waals surface area contributed by atoms with Gasteiger partial charge in [0.15, 0.2) is 0 Å². The van der Waals surface area contributed by atoms with Crippen LogP contribution in [0.1, 0.15) is 27.8 Å². The molecule has 0 fully saturated rings. The number of fused-ring (bicyclic) bond motifs is 16. The molecule has 0 unspecified atom stereocenters. The SMILES string of the molecule is [C-]#[N+]c1c(-n2c3ccccc3c3ccccc32)c(C#N)c(-n2c3ccccc3c3ccc4c(c32)C(c2ccccc2)(c2ccccc2)c2ccccc2-4)c(-n2c3ccccc3c3ccccc32)c1-n1c2ccccc2c2ccccc21. The van der Waals surface area contributed by atoms with Crippen molar-refractivity contribution in [2.24, 2.45) is 0 Å². The van der Waals surface area contributed by atoms with Crippen LogP contribution in [0.3, 0.4) is 0 Å². The van der Waals surface area contributed by atoms with E-state index in [0.29, 0.717) is 34.0 Å². The Morgan fingerprint density at radius 1 is 0.321 bits per heavy atom. The lowest BCUT2D eigenvalue weighted by Gasteiger charge is -2.35.